The maximum atomic E-state index is 12.9. The average molecular weight is 364 g/mol. The number of aromatic nitrogens is 2. The molecule has 0 spiro atoms. The summed E-state index contributed by atoms with van der Waals surface area (Å²) in [7, 11) is 0. The lowest BCUT2D eigenvalue weighted by Gasteiger charge is -2.21. The SMILES string of the molecule is CCN(C(=O)c1cc(C(=O)Nc2cc(C)on2)ccn1)c1cccc(C)c1. The van der Waals surface area contributed by atoms with E-state index in [1.165, 1.54) is 12.3 Å². The zero-order chi connectivity index (χ0) is 19.4. The van der Waals surface area contributed by atoms with Crippen LogP contribution in [0.2, 0.25) is 0 Å². The molecule has 2 heterocycles. The maximum absolute atomic E-state index is 12.9. The van der Waals surface area contributed by atoms with Crippen molar-refractivity contribution in [1.82, 2.24) is 10.1 Å². The molecule has 7 nitrogen and oxygen atoms in total. The van der Waals surface area contributed by atoms with Crippen molar-refractivity contribution in [2.45, 2.75) is 20.8 Å². The average Bonchev–Trinajstić information content (AvgIpc) is 3.07. The molecule has 0 atom stereocenters. The van der Waals surface area contributed by atoms with Gasteiger partial charge in [-0.1, -0.05) is 17.3 Å². The number of rotatable bonds is 5. The summed E-state index contributed by atoms with van der Waals surface area (Å²) in [6, 6.07) is 12.3. The van der Waals surface area contributed by atoms with Gasteiger partial charge in [-0.2, -0.15) is 0 Å². The van der Waals surface area contributed by atoms with E-state index < -0.39 is 5.91 Å². The number of anilines is 2. The van der Waals surface area contributed by atoms with Gasteiger partial charge in [0.25, 0.3) is 11.8 Å². The monoisotopic (exact) mass is 364 g/mol. The van der Waals surface area contributed by atoms with Crippen molar-refractivity contribution >= 4 is 23.3 Å². The Kier molecular flexibility index (Phi) is 5.30. The summed E-state index contributed by atoms with van der Waals surface area (Å²) < 4.78 is 4.93. The van der Waals surface area contributed by atoms with Gasteiger partial charge in [-0.3, -0.25) is 14.6 Å². The van der Waals surface area contributed by atoms with E-state index in [0.29, 0.717) is 23.7 Å². The van der Waals surface area contributed by atoms with Crippen LogP contribution in [0.5, 0.6) is 0 Å². The summed E-state index contributed by atoms with van der Waals surface area (Å²) in [5.41, 5.74) is 2.36. The Hall–Kier alpha value is -3.48. The van der Waals surface area contributed by atoms with E-state index in [1.807, 2.05) is 38.1 Å². The van der Waals surface area contributed by atoms with Gasteiger partial charge in [-0.05, 0) is 50.6 Å². The Morgan fingerprint density at radius 2 is 1.96 bits per heavy atom. The largest absolute Gasteiger partial charge is 0.360 e. The van der Waals surface area contributed by atoms with E-state index in [2.05, 4.69) is 15.5 Å². The molecule has 3 rings (SSSR count). The van der Waals surface area contributed by atoms with E-state index in [4.69, 9.17) is 4.52 Å². The second kappa shape index (κ2) is 7.82. The molecule has 1 N–H and O–H groups in total. The Morgan fingerprint density at radius 3 is 2.63 bits per heavy atom. The molecule has 2 aromatic heterocycles. The molecule has 2 amide bonds. The lowest BCUT2D eigenvalue weighted by molar-refractivity contribution is 0.0983. The van der Waals surface area contributed by atoms with Crippen LogP contribution < -0.4 is 10.2 Å². The van der Waals surface area contributed by atoms with Gasteiger partial charge < -0.3 is 14.7 Å². The third-order valence-corrected chi connectivity index (χ3v) is 3.99. The third kappa shape index (κ3) is 4.20. The minimum Gasteiger partial charge on any atom is -0.360 e. The minimum atomic E-state index is -0.390. The van der Waals surface area contributed by atoms with Crippen LogP contribution in [0.1, 0.15) is 39.1 Å². The van der Waals surface area contributed by atoms with Crippen LogP contribution >= 0.6 is 0 Å². The molecule has 3 aromatic rings. The van der Waals surface area contributed by atoms with Crippen molar-refractivity contribution in [3.8, 4) is 0 Å². The van der Waals surface area contributed by atoms with Crippen molar-refractivity contribution < 1.29 is 14.1 Å². The highest BCUT2D eigenvalue weighted by atomic mass is 16.5. The third-order valence-electron chi connectivity index (χ3n) is 3.99. The number of carbonyl (C=O) groups is 2. The fourth-order valence-electron chi connectivity index (χ4n) is 2.68. The fourth-order valence-corrected chi connectivity index (χ4v) is 2.68. The van der Waals surface area contributed by atoms with Crippen LogP contribution in [0.4, 0.5) is 11.5 Å². The molecule has 7 heteroatoms. The van der Waals surface area contributed by atoms with Crippen molar-refractivity contribution in [2.24, 2.45) is 0 Å². The highest BCUT2D eigenvalue weighted by Gasteiger charge is 2.19. The molecule has 0 unspecified atom stereocenters. The molecule has 0 aliphatic rings. The molecule has 0 bridgehead atoms. The number of pyridine rings is 1. The highest BCUT2D eigenvalue weighted by molar-refractivity contribution is 6.08. The predicted molar refractivity (Wildman–Crippen MR) is 102 cm³/mol. The highest BCUT2D eigenvalue weighted by Crippen LogP contribution is 2.18. The number of carbonyl (C=O) groups excluding carboxylic acids is 2. The van der Waals surface area contributed by atoms with Crippen LogP contribution in [0.15, 0.2) is 53.2 Å². The lowest BCUT2D eigenvalue weighted by atomic mass is 10.1. The number of aryl methyl sites for hydroxylation is 2. The van der Waals surface area contributed by atoms with Crippen molar-refractivity contribution in [1.29, 1.82) is 0 Å². The predicted octanol–water partition coefficient (Wildman–Crippen LogP) is 3.61. The van der Waals surface area contributed by atoms with Crippen LogP contribution in [-0.2, 0) is 0 Å². The Bertz CT molecular complexity index is 981. The first kappa shape index (κ1) is 18.3. The first-order valence-corrected chi connectivity index (χ1v) is 8.57. The van der Waals surface area contributed by atoms with E-state index >= 15 is 0 Å². The Balaban J connectivity index is 1.83. The van der Waals surface area contributed by atoms with Gasteiger partial charge in [0, 0.05) is 30.1 Å². The number of hydrogen-bond acceptors (Lipinski definition) is 5. The first-order valence-electron chi connectivity index (χ1n) is 8.57. The van der Waals surface area contributed by atoms with Gasteiger partial charge >= 0.3 is 0 Å². The molecule has 0 fully saturated rings. The van der Waals surface area contributed by atoms with E-state index in [-0.39, 0.29) is 11.6 Å². The summed E-state index contributed by atoms with van der Waals surface area (Å²) in [5, 5.41) is 6.36. The van der Waals surface area contributed by atoms with E-state index in [0.717, 1.165) is 11.3 Å². The topological polar surface area (TPSA) is 88.3 Å². The molecule has 0 aliphatic carbocycles. The van der Waals surface area contributed by atoms with Gasteiger partial charge in [0.15, 0.2) is 5.82 Å². The zero-order valence-electron chi connectivity index (χ0n) is 15.4. The van der Waals surface area contributed by atoms with Gasteiger partial charge in [-0.15, -0.1) is 0 Å². The Labute approximate surface area is 157 Å². The summed E-state index contributed by atoms with van der Waals surface area (Å²) >= 11 is 0. The molecule has 1 aromatic carbocycles. The van der Waals surface area contributed by atoms with Crippen LogP contribution in [0.3, 0.4) is 0 Å². The number of hydrogen-bond donors (Lipinski definition) is 1. The summed E-state index contributed by atoms with van der Waals surface area (Å²) in [6.07, 6.45) is 1.44. The second-order valence-electron chi connectivity index (χ2n) is 6.10. The Morgan fingerprint density at radius 1 is 1.15 bits per heavy atom. The van der Waals surface area contributed by atoms with E-state index in [1.54, 1.807) is 24.0 Å². The maximum Gasteiger partial charge on any atom is 0.276 e. The van der Waals surface area contributed by atoms with Gasteiger partial charge in [-0.25, -0.2) is 0 Å². The zero-order valence-corrected chi connectivity index (χ0v) is 15.4. The minimum absolute atomic E-state index is 0.197. The van der Waals surface area contributed by atoms with Crippen molar-refractivity contribution in [3.63, 3.8) is 0 Å². The van der Waals surface area contributed by atoms with Crippen molar-refractivity contribution in [3.05, 3.63) is 71.2 Å². The molecular weight excluding hydrogens is 344 g/mol. The van der Waals surface area contributed by atoms with Crippen LogP contribution in [0.25, 0.3) is 0 Å². The summed E-state index contributed by atoms with van der Waals surface area (Å²) in [6.45, 7) is 6.08. The molecule has 0 aliphatic heterocycles. The molecule has 0 saturated heterocycles. The summed E-state index contributed by atoms with van der Waals surface area (Å²) in [5.74, 6) is 0.248. The number of benzene rings is 1. The molecule has 138 valence electrons. The standard InChI is InChI=1S/C20H20N4O3/c1-4-24(16-7-5-6-13(2)10-16)20(26)17-12-15(8-9-21-17)19(25)22-18-11-14(3)27-23-18/h5-12H,4H2,1-3H3,(H,22,23,25). The molecule has 27 heavy (non-hydrogen) atoms. The fraction of sp³-hybridized carbons (Fsp3) is 0.200. The molecule has 0 radical (unpaired) electrons. The van der Waals surface area contributed by atoms with Crippen LogP contribution in [-0.4, -0.2) is 28.5 Å². The second-order valence-corrected chi connectivity index (χ2v) is 6.10. The quantitative estimate of drug-likeness (QED) is 0.747. The normalized spacial score (nSPS) is 10.5. The van der Waals surface area contributed by atoms with E-state index in [9.17, 15) is 9.59 Å². The molecule has 0 saturated carbocycles. The number of amides is 2. The summed E-state index contributed by atoms with van der Waals surface area (Å²) in [4.78, 5) is 31.1. The van der Waals surface area contributed by atoms with Gasteiger partial charge in [0.1, 0.15) is 11.5 Å². The first-order chi connectivity index (χ1) is 13.0. The van der Waals surface area contributed by atoms with Gasteiger partial charge in [0.05, 0.1) is 0 Å². The smallest absolute Gasteiger partial charge is 0.276 e. The lowest BCUT2D eigenvalue weighted by Crippen LogP contribution is -2.31. The number of nitrogens with zero attached hydrogens (tertiary/aromatic N) is 3. The molecular formula is C20H20N4O3. The number of nitrogens with one attached hydrogen (secondary N) is 1. The van der Waals surface area contributed by atoms with Crippen LogP contribution in [0, 0.1) is 13.8 Å². The van der Waals surface area contributed by atoms with Crippen molar-refractivity contribution in [2.75, 3.05) is 16.8 Å². The van der Waals surface area contributed by atoms with Gasteiger partial charge in [0.2, 0.25) is 0 Å².